The molecule has 88 valence electrons. The molecule has 0 rings (SSSR count). The summed E-state index contributed by atoms with van der Waals surface area (Å²) in [5.41, 5.74) is 10.7. The van der Waals surface area contributed by atoms with Crippen LogP contribution < -0.4 is 16.8 Å². The van der Waals surface area contributed by atoms with Crippen molar-refractivity contribution in [2.45, 2.75) is 19.0 Å². The molecule has 1 amide bonds. The first-order valence-electron chi connectivity index (χ1n) is 3.99. The third kappa shape index (κ3) is 11.6. The van der Waals surface area contributed by atoms with E-state index in [1.807, 2.05) is 0 Å². The molecule has 0 bridgehead atoms. The minimum atomic E-state index is -0.491. The van der Waals surface area contributed by atoms with Crippen molar-refractivity contribution in [1.29, 1.82) is 0 Å². The second kappa shape index (κ2) is 11.7. The van der Waals surface area contributed by atoms with Gasteiger partial charge in [0.25, 0.3) is 0 Å². The van der Waals surface area contributed by atoms with E-state index in [2.05, 4.69) is 11.2 Å². The number of hydrogen-bond acceptors (Lipinski definition) is 3. The number of carbonyl (C=O) groups is 1. The van der Waals surface area contributed by atoms with Crippen LogP contribution in [-0.4, -0.2) is 24.5 Å². The summed E-state index contributed by atoms with van der Waals surface area (Å²) in [4.78, 5) is 10.9. The van der Waals surface area contributed by atoms with Crippen LogP contribution in [0.15, 0.2) is 12.2 Å². The first-order chi connectivity index (χ1) is 6.07. The summed E-state index contributed by atoms with van der Waals surface area (Å²) in [7, 11) is 0. The summed E-state index contributed by atoms with van der Waals surface area (Å²) >= 11 is 0. The molecule has 0 aromatic carbocycles. The van der Waals surface area contributed by atoms with Crippen LogP contribution in [0.1, 0.15) is 6.92 Å². The monoisotopic (exact) mass is 341 g/mol. The van der Waals surface area contributed by atoms with Crippen LogP contribution in [0.25, 0.3) is 0 Å². The lowest BCUT2D eigenvalue weighted by Gasteiger charge is -2.04. The van der Waals surface area contributed by atoms with Crippen molar-refractivity contribution in [3.63, 3.8) is 0 Å². The normalized spacial score (nSPS) is 12.9. The summed E-state index contributed by atoms with van der Waals surface area (Å²) in [6.45, 7) is 2.02. The van der Waals surface area contributed by atoms with Crippen LogP contribution in [0, 0.1) is 12.3 Å². The fourth-order valence-electron chi connectivity index (χ4n) is 0.591. The molecule has 0 radical (unpaired) electrons. The van der Waals surface area contributed by atoms with Gasteiger partial charge in [0.15, 0.2) is 0 Å². The van der Waals surface area contributed by atoms with Crippen molar-refractivity contribution in [3.8, 4) is 12.3 Å². The molecule has 0 spiro atoms. The largest absolute Gasteiger partial charge is 0.351 e. The highest BCUT2D eigenvalue weighted by atomic mass is 79.9. The molecule has 0 aliphatic rings. The molecule has 4 nitrogen and oxygen atoms in total. The van der Waals surface area contributed by atoms with Gasteiger partial charge in [0.2, 0.25) is 5.91 Å². The minimum Gasteiger partial charge on any atom is -0.351 e. The predicted octanol–water partition coefficient (Wildman–Crippen LogP) is 0.122. The molecule has 2 atom stereocenters. The maximum Gasteiger partial charge on any atom is 0.236 e. The zero-order valence-electron chi connectivity index (χ0n) is 8.47. The number of amides is 1. The van der Waals surface area contributed by atoms with Crippen LogP contribution in [0.3, 0.4) is 0 Å². The van der Waals surface area contributed by atoms with Gasteiger partial charge in [-0.05, 0) is 6.92 Å². The molecule has 0 aromatic rings. The Balaban J connectivity index is -0.000000720. The van der Waals surface area contributed by atoms with Crippen molar-refractivity contribution in [1.82, 2.24) is 5.32 Å². The van der Waals surface area contributed by atoms with Crippen LogP contribution in [0.5, 0.6) is 0 Å². The van der Waals surface area contributed by atoms with Gasteiger partial charge in [-0.1, -0.05) is 18.1 Å². The number of nitrogens with one attached hydrogen (secondary N) is 1. The number of nitrogens with two attached hydrogens (primary N) is 2. The summed E-state index contributed by atoms with van der Waals surface area (Å²) in [6.07, 6.45) is 8.37. The number of carbonyl (C=O) groups excluding carboxylic acids is 1. The van der Waals surface area contributed by atoms with Gasteiger partial charge in [-0.15, -0.1) is 40.4 Å². The van der Waals surface area contributed by atoms with E-state index in [9.17, 15) is 4.79 Å². The Morgan fingerprint density at radius 3 is 2.47 bits per heavy atom. The summed E-state index contributed by atoms with van der Waals surface area (Å²) in [5, 5.41) is 2.59. The van der Waals surface area contributed by atoms with Gasteiger partial charge in [0, 0.05) is 6.54 Å². The fourth-order valence-corrected chi connectivity index (χ4v) is 0.591. The molecule has 5 N–H and O–H groups in total. The van der Waals surface area contributed by atoms with Crippen molar-refractivity contribution in [2.24, 2.45) is 11.5 Å². The van der Waals surface area contributed by atoms with E-state index in [0.29, 0.717) is 6.54 Å². The van der Waals surface area contributed by atoms with Crippen molar-refractivity contribution >= 4 is 39.9 Å². The van der Waals surface area contributed by atoms with Gasteiger partial charge in [-0.3, -0.25) is 4.79 Å². The van der Waals surface area contributed by atoms with Crippen molar-refractivity contribution in [3.05, 3.63) is 12.2 Å². The van der Waals surface area contributed by atoms with Crippen molar-refractivity contribution in [2.75, 3.05) is 6.54 Å². The van der Waals surface area contributed by atoms with Gasteiger partial charge in [0.05, 0.1) is 12.1 Å². The zero-order chi connectivity index (χ0) is 10.3. The molecular formula is C9H17Br2N3O. The molecule has 6 heteroatoms. The molecule has 2 unspecified atom stereocenters. The Morgan fingerprint density at radius 1 is 1.53 bits per heavy atom. The first kappa shape index (κ1) is 20.1. The lowest BCUT2D eigenvalue weighted by molar-refractivity contribution is -0.121. The lowest BCUT2D eigenvalue weighted by Crippen LogP contribution is -2.38. The van der Waals surface area contributed by atoms with Crippen LogP contribution in [0.4, 0.5) is 0 Å². The minimum absolute atomic E-state index is 0. The van der Waals surface area contributed by atoms with E-state index < -0.39 is 12.1 Å². The number of halogens is 2. The summed E-state index contributed by atoms with van der Waals surface area (Å²) in [6, 6.07) is -0.887. The van der Waals surface area contributed by atoms with Gasteiger partial charge in [-0.2, -0.15) is 0 Å². The average molecular weight is 343 g/mol. The lowest BCUT2D eigenvalue weighted by atomic mass is 10.3. The number of hydrogen-bond donors (Lipinski definition) is 3. The van der Waals surface area contributed by atoms with Gasteiger partial charge < -0.3 is 16.8 Å². The fraction of sp³-hybridized carbons (Fsp3) is 0.444. The van der Waals surface area contributed by atoms with Gasteiger partial charge >= 0.3 is 0 Å². The number of rotatable bonds is 4. The van der Waals surface area contributed by atoms with E-state index in [1.165, 1.54) is 0 Å². The predicted molar refractivity (Wildman–Crippen MR) is 73.3 cm³/mol. The Kier molecular flexibility index (Phi) is 15.7. The molecule has 0 aromatic heterocycles. The van der Waals surface area contributed by atoms with Gasteiger partial charge in [0.1, 0.15) is 0 Å². The second-order valence-electron chi connectivity index (χ2n) is 2.65. The summed E-state index contributed by atoms with van der Waals surface area (Å²) in [5.74, 6) is 2.13. The Labute approximate surface area is 111 Å². The maximum atomic E-state index is 10.9. The van der Waals surface area contributed by atoms with Crippen LogP contribution in [0.2, 0.25) is 0 Å². The Morgan fingerprint density at radius 2 is 2.07 bits per heavy atom. The zero-order valence-corrected chi connectivity index (χ0v) is 11.9. The third-order valence-electron chi connectivity index (χ3n) is 1.34. The molecular weight excluding hydrogens is 326 g/mol. The molecule has 0 heterocycles. The van der Waals surface area contributed by atoms with E-state index in [-0.39, 0.29) is 39.9 Å². The van der Waals surface area contributed by atoms with Crippen LogP contribution in [-0.2, 0) is 4.79 Å². The molecule has 15 heavy (non-hydrogen) atoms. The SMILES string of the molecule is Br.Br.C#CC(N)C=CCNC(=O)C(C)N. The molecule has 0 saturated heterocycles. The summed E-state index contributed by atoms with van der Waals surface area (Å²) < 4.78 is 0. The Bertz CT molecular complexity index is 236. The average Bonchev–Trinajstić information content (AvgIpc) is 2.11. The Hall–Kier alpha value is -0.350. The quantitative estimate of drug-likeness (QED) is 0.501. The highest BCUT2D eigenvalue weighted by molar-refractivity contribution is 8.93. The molecule has 0 aliphatic heterocycles. The number of terminal acetylenes is 1. The van der Waals surface area contributed by atoms with E-state index in [0.717, 1.165) is 0 Å². The van der Waals surface area contributed by atoms with E-state index >= 15 is 0 Å². The second-order valence-corrected chi connectivity index (χ2v) is 2.65. The molecule has 0 aliphatic carbocycles. The van der Waals surface area contributed by atoms with E-state index in [4.69, 9.17) is 17.9 Å². The molecule has 0 saturated carbocycles. The highest BCUT2D eigenvalue weighted by Crippen LogP contribution is 1.79. The third-order valence-corrected chi connectivity index (χ3v) is 1.34. The van der Waals surface area contributed by atoms with Crippen LogP contribution >= 0.6 is 34.0 Å². The van der Waals surface area contributed by atoms with E-state index in [1.54, 1.807) is 19.1 Å². The topological polar surface area (TPSA) is 81.1 Å². The standard InChI is InChI=1S/C9H15N3O.2BrH/c1-3-8(11)5-4-6-12-9(13)7(2)10;;/h1,4-5,7-8H,6,10-11H2,2H3,(H,12,13);2*1H. The maximum absolute atomic E-state index is 10.9. The first-order valence-corrected chi connectivity index (χ1v) is 3.99. The smallest absolute Gasteiger partial charge is 0.236 e. The molecule has 0 fully saturated rings. The highest BCUT2D eigenvalue weighted by Gasteiger charge is 2.03. The van der Waals surface area contributed by atoms with Crippen molar-refractivity contribution < 1.29 is 4.79 Å². The van der Waals surface area contributed by atoms with Gasteiger partial charge in [-0.25, -0.2) is 0 Å².